The molecule has 6 heteroatoms. The first-order chi connectivity index (χ1) is 11.8. The van der Waals surface area contributed by atoms with E-state index < -0.39 is 0 Å². The van der Waals surface area contributed by atoms with E-state index in [2.05, 4.69) is 4.90 Å². The summed E-state index contributed by atoms with van der Waals surface area (Å²) in [5.41, 5.74) is 0.0300. The number of carbonyl (C=O) groups excluding carboxylic acids is 1. The van der Waals surface area contributed by atoms with E-state index in [1.165, 1.54) is 0 Å². The van der Waals surface area contributed by atoms with Gasteiger partial charge in [0.1, 0.15) is 0 Å². The summed E-state index contributed by atoms with van der Waals surface area (Å²) in [7, 11) is 0. The standard InChI is InChI=1S/C18H26N2O4/c21-17(16-2-1-10-23-16)20-8-6-19(7-9-20)15-3-11-24-18(14-15)4-12-22-13-5-18/h1-2,10,15H,3-9,11-14H2/t15-/m1/s1. The van der Waals surface area contributed by atoms with Crippen molar-refractivity contribution in [1.82, 2.24) is 9.80 Å². The molecule has 0 aromatic carbocycles. The molecular formula is C18H26N2O4. The van der Waals surface area contributed by atoms with Crippen LogP contribution in [0, 0.1) is 0 Å². The van der Waals surface area contributed by atoms with Crippen LogP contribution in [0.15, 0.2) is 22.8 Å². The van der Waals surface area contributed by atoms with Crippen LogP contribution >= 0.6 is 0 Å². The smallest absolute Gasteiger partial charge is 0.289 e. The Labute approximate surface area is 142 Å². The first kappa shape index (κ1) is 16.1. The molecule has 3 saturated heterocycles. The van der Waals surface area contributed by atoms with E-state index in [-0.39, 0.29) is 11.5 Å². The van der Waals surface area contributed by atoms with Crippen LogP contribution in [0.4, 0.5) is 0 Å². The molecule has 0 unspecified atom stereocenters. The number of nitrogens with zero attached hydrogens (tertiary/aromatic N) is 2. The molecule has 0 aliphatic carbocycles. The second-order valence-corrected chi connectivity index (χ2v) is 7.10. The van der Waals surface area contributed by atoms with Gasteiger partial charge in [-0.25, -0.2) is 0 Å². The van der Waals surface area contributed by atoms with Crippen molar-refractivity contribution in [3.05, 3.63) is 24.2 Å². The lowest BCUT2D eigenvalue weighted by atomic mass is 9.83. The van der Waals surface area contributed by atoms with Crippen molar-refractivity contribution in [3.63, 3.8) is 0 Å². The van der Waals surface area contributed by atoms with Gasteiger partial charge < -0.3 is 18.8 Å². The van der Waals surface area contributed by atoms with Crippen molar-refractivity contribution in [2.24, 2.45) is 0 Å². The van der Waals surface area contributed by atoms with Gasteiger partial charge in [-0.1, -0.05) is 0 Å². The molecule has 3 aliphatic rings. The maximum Gasteiger partial charge on any atom is 0.289 e. The van der Waals surface area contributed by atoms with E-state index in [4.69, 9.17) is 13.9 Å². The molecule has 0 N–H and O–H groups in total. The zero-order valence-electron chi connectivity index (χ0n) is 14.1. The van der Waals surface area contributed by atoms with E-state index in [1.54, 1.807) is 18.4 Å². The summed E-state index contributed by atoms with van der Waals surface area (Å²) in [6, 6.07) is 4.07. The molecular weight excluding hydrogens is 308 g/mol. The molecule has 6 nitrogen and oxygen atoms in total. The summed E-state index contributed by atoms with van der Waals surface area (Å²) < 4.78 is 16.9. The minimum atomic E-state index is 0.00697. The number of furan rings is 1. The Balaban J connectivity index is 1.33. The van der Waals surface area contributed by atoms with Crippen molar-refractivity contribution >= 4 is 5.91 Å². The Morgan fingerprint density at radius 1 is 1.12 bits per heavy atom. The molecule has 132 valence electrons. The first-order valence-corrected chi connectivity index (χ1v) is 9.04. The van der Waals surface area contributed by atoms with Crippen molar-refractivity contribution in [2.75, 3.05) is 46.0 Å². The van der Waals surface area contributed by atoms with Crippen LogP contribution in [0.5, 0.6) is 0 Å². The minimum absolute atomic E-state index is 0.00697. The second kappa shape index (κ2) is 6.86. The Morgan fingerprint density at radius 3 is 2.62 bits per heavy atom. The number of piperazine rings is 1. The van der Waals surface area contributed by atoms with Gasteiger partial charge in [-0.05, 0) is 37.8 Å². The number of ether oxygens (including phenoxy) is 2. The lowest BCUT2D eigenvalue weighted by molar-refractivity contribution is -0.152. The van der Waals surface area contributed by atoms with Crippen molar-refractivity contribution < 1.29 is 18.7 Å². The molecule has 3 aliphatic heterocycles. The SMILES string of the molecule is O=C(c1ccco1)N1CCN([C@@H]2CCOC3(CCOCC3)C2)CC1. The van der Waals surface area contributed by atoms with Gasteiger partial charge in [-0.3, -0.25) is 9.69 Å². The summed E-state index contributed by atoms with van der Waals surface area (Å²) in [6.45, 7) is 5.89. The van der Waals surface area contributed by atoms with Gasteiger partial charge in [-0.15, -0.1) is 0 Å². The highest BCUT2D eigenvalue weighted by atomic mass is 16.5. The predicted molar refractivity (Wildman–Crippen MR) is 87.9 cm³/mol. The third-order valence-corrected chi connectivity index (χ3v) is 5.72. The van der Waals surface area contributed by atoms with Gasteiger partial charge in [0, 0.05) is 52.0 Å². The Hall–Kier alpha value is -1.37. The van der Waals surface area contributed by atoms with E-state index in [0.29, 0.717) is 11.8 Å². The molecule has 4 heterocycles. The Kier molecular flexibility index (Phi) is 4.61. The molecule has 1 aromatic heterocycles. The van der Waals surface area contributed by atoms with E-state index >= 15 is 0 Å². The van der Waals surface area contributed by atoms with Crippen molar-refractivity contribution in [3.8, 4) is 0 Å². The van der Waals surface area contributed by atoms with Crippen LogP contribution in [0.25, 0.3) is 0 Å². The van der Waals surface area contributed by atoms with Gasteiger partial charge >= 0.3 is 0 Å². The molecule has 3 fully saturated rings. The van der Waals surface area contributed by atoms with E-state index in [9.17, 15) is 4.79 Å². The van der Waals surface area contributed by atoms with Crippen LogP contribution in [-0.2, 0) is 9.47 Å². The summed E-state index contributed by atoms with van der Waals surface area (Å²) >= 11 is 0. The summed E-state index contributed by atoms with van der Waals surface area (Å²) in [5.74, 6) is 0.447. The van der Waals surface area contributed by atoms with Gasteiger partial charge in [-0.2, -0.15) is 0 Å². The lowest BCUT2D eigenvalue weighted by Gasteiger charge is -2.48. The fourth-order valence-electron chi connectivity index (χ4n) is 4.25. The number of amides is 1. The monoisotopic (exact) mass is 334 g/mol. The molecule has 0 saturated carbocycles. The normalized spacial score (nSPS) is 28.2. The molecule has 1 amide bonds. The molecule has 4 rings (SSSR count). The number of rotatable bonds is 2. The molecule has 24 heavy (non-hydrogen) atoms. The highest BCUT2D eigenvalue weighted by Crippen LogP contribution is 2.36. The zero-order valence-corrected chi connectivity index (χ0v) is 14.1. The maximum atomic E-state index is 12.4. The van der Waals surface area contributed by atoms with Gasteiger partial charge in [0.05, 0.1) is 11.9 Å². The second-order valence-electron chi connectivity index (χ2n) is 7.10. The lowest BCUT2D eigenvalue weighted by Crippen LogP contribution is -2.56. The van der Waals surface area contributed by atoms with Crippen LogP contribution in [-0.4, -0.2) is 73.3 Å². The van der Waals surface area contributed by atoms with Gasteiger partial charge in [0.25, 0.3) is 5.91 Å². The maximum absolute atomic E-state index is 12.4. The molecule has 1 aromatic rings. The van der Waals surface area contributed by atoms with E-state index in [1.807, 2.05) is 4.90 Å². The number of hydrogen-bond acceptors (Lipinski definition) is 5. The van der Waals surface area contributed by atoms with Crippen LogP contribution < -0.4 is 0 Å². The Morgan fingerprint density at radius 2 is 1.92 bits per heavy atom. The molecule has 1 atom stereocenters. The minimum Gasteiger partial charge on any atom is -0.459 e. The Bertz CT molecular complexity index is 540. The third-order valence-electron chi connectivity index (χ3n) is 5.72. The highest BCUT2D eigenvalue weighted by molar-refractivity contribution is 5.91. The van der Waals surface area contributed by atoms with Crippen molar-refractivity contribution in [1.29, 1.82) is 0 Å². The topological polar surface area (TPSA) is 55.2 Å². The third kappa shape index (κ3) is 3.23. The molecule has 0 radical (unpaired) electrons. The molecule has 1 spiro atoms. The summed E-state index contributed by atoms with van der Waals surface area (Å²) in [6.07, 6.45) is 5.77. The average molecular weight is 334 g/mol. The highest BCUT2D eigenvalue weighted by Gasteiger charge is 2.41. The van der Waals surface area contributed by atoms with Gasteiger partial charge in [0.15, 0.2) is 5.76 Å². The van der Waals surface area contributed by atoms with E-state index in [0.717, 1.165) is 71.7 Å². The average Bonchev–Trinajstić information content (AvgIpc) is 3.17. The largest absolute Gasteiger partial charge is 0.459 e. The van der Waals surface area contributed by atoms with Crippen LogP contribution in [0.3, 0.4) is 0 Å². The van der Waals surface area contributed by atoms with Crippen molar-refractivity contribution in [2.45, 2.75) is 37.3 Å². The first-order valence-electron chi connectivity index (χ1n) is 9.04. The quantitative estimate of drug-likeness (QED) is 0.825. The fourth-order valence-corrected chi connectivity index (χ4v) is 4.25. The summed E-state index contributed by atoms with van der Waals surface area (Å²) in [5, 5.41) is 0. The van der Waals surface area contributed by atoms with Crippen LogP contribution in [0.2, 0.25) is 0 Å². The molecule has 0 bridgehead atoms. The van der Waals surface area contributed by atoms with Crippen LogP contribution in [0.1, 0.15) is 36.2 Å². The summed E-state index contributed by atoms with van der Waals surface area (Å²) in [4.78, 5) is 16.8. The fraction of sp³-hybridized carbons (Fsp3) is 0.722. The number of carbonyl (C=O) groups is 1. The predicted octanol–water partition coefficient (Wildman–Crippen LogP) is 1.77. The zero-order chi connectivity index (χ0) is 16.4. The van der Waals surface area contributed by atoms with Gasteiger partial charge in [0.2, 0.25) is 0 Å². The number of hydrogen-bond donors (Lipinski definition) is 0.